The van der Waals surface area contributed by atoms with E-state index >= 15 is 0 Å². The molecule has 2 aromatic rings. The highest BCUT2D eigenvalue weighted by Gasteiger charge is 2.18. The fourth-order valence-corrected chi connectivity index (χ4v) is 2.87. The molecule has 0 saturated heterocycles. The summed E-state index contributed by atoms with van der Waals surface area (Å²) in [5.74, 6) is 0.529. The fraction of sp³-hybridized carbons (Fsp3) is 0.111. The lowest BCUT2D eigenvalue weighted by Gasteiger charge is -2.21. The minimum Gasteiger partial charge on any atom is -0.410 e. The predicted octanol–water partition coefficient (Wildman–Crippen LogP) is 4.47. The monoisotopic (exact) mass is 324 g/mol. The molecule has 5 heteroatoms. The Hall–Kier alpha value is -2.53. The van der Waals surface area contributed by atoms with Crippen LogP contribution < -0.4 is 4.74 Å². The zero-order valence-electron chi connectivity index (χ0n) is 12.7. The van der Waals surface area contributed by atoms with Crippen molar-refractivity contribution in [2.45, 2.75) is 11.8 Å². The van der Waals surface area contributed by atoms with Gasteiger partial charge in [-0.1, -0.05) is 47.7 Å². The Morgan fingerprint density at radius 1 is 1.13 bits per heavy atom. The van der Waals surface area contributed by atoms with E-state index < -0.39 is 6.09 Å². The Labute approximate surface area is 139 Å². The summed E-state index contributed by atoms with van der Waals surface area (Å²) in [5.41, 5.74) is 1.22. The number of para-hydroxylation sites is 1. The van der Waals surface area contributed by atoms with Crippen LogP contribution in [0.3, 0.4) is 0 Å². The van der Waals surface area contributed by atoms with Crippen molar-refractivity contribution in [3.05, 3.63) is 72.6 Å². The van der Waals surface area contributed by atoms with Gasteiger partial charge in [0.25, 0.3) is 0 Å². The molecule has 0 atom stereocenters. The lowest BCUT2D eigenvalue weighted by atomic mass is 10.2. The molecule has 0 bridgehead atoms. The second-order valence-corrected chi connectivity index (χ2v) is 6.19. The fourth-order valence-electron chi connectivity index (χ4n) is 2.01. The van der Waals surface area contributed by atoms with Crippen LogP contribution in [-0.2, 0) is 0 Å². The maximum Gasteiger partial charge on any atom is 0.419 e. The number of aryl methyl sites for hydroxylation is 1. The Kier molecular flexibility index (Phi) is 4.78. The standard InChI is InChI=1S/C18H16N2O2S/c1-14-7-9-16(10-8-14)23-17-13-20(12-11-19-17)18(21)22-15-5-3-2-4-6-15/h2-12H,13H2,1H3. The van der Waals surface area contributed by atoms with Gasteiger partial charge >= 0.3 is 6.09 Å². The van der Waals surface area contributed by atoms with Crippen LogP contribution in [0.1, 0.15) is 5.56 Å². The highest BCUT2D eigenvalue weighted by atomic mass is 32.2. The first-order chi connectivity index (χ1) is 11.2. The van der Waals surface area contributed by atoms with Crippen LogP contribution in [0, 0.1) is 6.92 Å². The minimum atomic E-state index is -0.413. The second kappa shape index (κ2) is 7.15. The summed E-state index contributed by atoms with van der Waals surface area (Å²) in [6, 6.07) is 17.3. The van der Waals surface area contributed by atoms with Gasteiger partial charge in [-0.25, -0.2) is 4.79 Å². The average molecular weight is 324 g/mol. The summed E-state index contributed by atoms with van der Waals surface area (Å²) in [6.45, 7) is 2.46. The Bertz CT molecular complexity index is 739. The summed E-state index contributed by atoms with van der Waals surface area (Å²) in [7, 11) is 0. The molecule has 0 N–H and O–H groups in total. The van der Waals surface area contributed by atoms with E-state index in [0.717, 1.165) is 9.94 Å². The normalized spacial score (nSPS) is 13.6. The van der Waals surface area contributed by atoms with Gasteiger partial charge < -0.3 is 4.74 Å². The van der Waals surface area contributed by atoms with Crippen molar-refractivity contribution in [3.63, 3.8) is 0 Å². The molecule has 1 aliphatic rings. The van der Waals surface area contributed by atoms with Gasteiger partial charge in [0.15, 0.2) is 0 Å². The SMILES string of the molecule is Cc1ccc(SC2=NC=CN(C(=O)Oc3ccccc3)C2)cc1. The number of thioether (sulfide) groups is 1. The van der Waals surface area contributed by atoms with Gasteiger partial charge in [0.05, 0.1) is 11.6 Å². The number of rotatable bonds is 2. The van der Waals surface area contributed by atoms with Crippen molar-refractivity contribution in [2.24, 2.45) is 4.99 Å². The van der Waals surface area contributed by atoms with Crippen LogP contribution in [0.4, 0.5) is 4.79 Å². The Morgan fingerprint density at radius 2 is 1.87 bits per heavy atom. The summed E-state index contributed by atoms with van der Waals surface area (Å²) >= 11 is 1.55. The van der Waals surface area contributed by atoms with Gasteiger partial charge in [-0.3, -0.25) is 9.89 Å². The van der Waals surface area contributed by atoms with Crippen LogP contribution in [-0.4, -0.2) is 22.6 Å². The third-order valence-electron chi connectivity index (χ3n) is 3.21. The summed E-state index contributed by atoms with van der Waals surface area (Å²) < 4.78 is 5.34. The van der Waals surface area contributed by atoms with Crippen molar-refractivity contribution >= 4 is 22.9 Å². The molecule has 0 unspecified atom stereocenters. The molecule has 0 aromatic heterocycles. The van der Waals surface area contributed by atoms with Crippen LogP contribution in [0.5, 0.6) is 5.75 Å². The van der Waals surface area contributed by atoms with Gasteiger partial charge in [0.1, 0.15) is 5.75 Å². The van der Waals surface area contributed by atoms with E-state index in [-0.39, 0.29) is 0 Å². The number of ether oxygens (including phenoxy) is 1. The zero-order valence-corrected chi connectivity index (χ0v) is 13.5. The third-order valence-corrected chi connectivity index (χ3v) is 4.19. The van der Waals surface area contributed by atoms with Gasteiger partial charge in [-0.2, -0.15) is 0 Å². The molecule has 0 radical (unpaired) electrons. The maximum atomic E-state index is 12.2. The van der Waals surface area contributed by atoms with Crippen molar-refractivity contribution in [1.82, 2.24) is 4.90 Å². The Morgan fingerprint density at radius 3 is 2.61 bits per heavy atom. The first kappa shape index (κ1) is 15.4. The molecule has 1 heterocycles. The highest BCUT2D eigenvalue weighted by Crippen LogP contribution is 2.23. The molecular weight excluding hydrogens is 308 g/mol. The molecule has 3 rings (SSSR count). The van der Waals surface area contributed by atoms with Crippen LogP contribution in [0.25, 0.3) is 0 Å². The van der Waals surface area contributed by atoms with E-state index in [4.69, 9.17) is 4.74 Å². The van der Waals surface area contributed by atoms with Crippen molar-refractivity contribution in [2.75, 3.05) is 6.54 Å². The quantitative estimate of drug-likeness (QED) is 0.818. The number of nitrogens with zero attached hydrogens (tertiary/aromatic N) is 2. The molecule has 0 saturated carbocycles. The lowest BCUT2D eigenvalue weighted by molar-refractivity contribution is 0.174. The second-order valence-electron chi connectivity index (χ2n) is 5.05. The molecule has 1 aliphatic heterocycles. The van der Waals surface area contributed by atoms with Crippen molar-refractivity contribution in [3.8, 4) is 5.75 Å². The third kappa shape index (κ3) is 4.23. The zero-order chi connectivity index (χ0) is 16.1. The largest absolute Gasteiger partial charge is 0.419 e. The van der Waals surface area contributed by atoms with Gasteiger partial charge in [0.2, 0.25) is 0 Å². The van der Waals surface area contributed by atoms with Crippen molar-refractivity contribution in [1.29, 1.82) is 0 Å². The molecule has 0 spiro atoms. The summed E-state index contributed by atoms with van der Waals surface area (Å²) in [4.78, 5) is 19.1. The van der Waals surface area contributed by atoms with E-state index in [1.165, 1.54) is 10.5 Å². The molecule has 0 fully saturated rings. The molecule has 1 amide bonds. The first-order valence-electron chi connectivity index (χ1n) is 7.22. The Balaban J connectivity index is 1.61. The number of hydrogen-bond acceptors (Lipinski definition) is 4. The van der Waals surface area contributed by atoms with Crippen molar-refractivity contribution < 1.29 is 9.53 Å². The topological polar surface area (TPSA) is 41.9 Å². The minimum absolute atomic E-state index is 0.403. The number of hydrogen-bond donors (Lipinski definition) is 0. The smallest absolute Gasteiger partial charge is 0.410 e. The number of aliphatic imine (C=N–C) groups is 1. The molecular formula is C18H16N2O2S. The van der Waals surface area contributed by atoms with Gasteiger partial charge in [-0.05, 0) is 31.2 Å². The number of carbonyl (C=O) groups excluding carboxylic acids is 1. The van der Waals surface area contributed by atoms with E-state index in [1.54, 1.807) is 36.3 Å². The van der Waals surface area contributed by atoms with E-state index in [9.17, 15) is 4.79 Å². The van der Waals surface area contributed by atoms with Crippen LogP contribution in [0.2, 0.25) is 0 Å². The predicted molar refractivity (Wildman–Crippen MR) is 92.8 cm³/mol. The molecule has 116 valence electrons. The molecule has 0 aliphatic carbocycles. The van der Waals surface area contributed by atoms with Crippen LogP contribution >= 0.6 is 11.8 Å². The molecule has 2 aromatic carbocycles. The lowest BCUT2D eigenvalue weighted by Crippen LogP contribution is -2.34. The van der Waals surface area contributed by atoms with Gasteiger partial charge in [-0.15, -0.1) is 0 Å². The first-order valence-corrected chi connectivity index (χ1v) is 8.04. The number of carbonyl (C=O) groups is 1. The van der Waals surface area contributed by atoms with E-state index in [0.29, 0.717) is 12.3 Å². The molecule has 4 nitrogen and oxygen atoms in total. The molecule has 23 heavy (non-hydrogen) atoms. The van der Waals surface area contributed by atoms with E-state index in [2.05, 4.69) is 24.0 Å². The average Bonchev–Trinajstić information content (AvgIpc) is 2.58. The van der Waals surface area contributed by atoms with Crippen LogP contribution in [0.15, 0.2) is 76.9 Å². The van der Waals surface area contributed by atoms with E-state index in [1.807, 2.05) is 30.3 Å². The maximum absolute atomic E-state index is 12.2. The van der Waals surface area contributed by atoms with Gasteiger partial charge in [0, 0.05) is 17.3 Å². The number of benzene rings is 2. The highest BCUT2D eigenvalue weighted by molar-refractivity contribution is 8.14. The summed E-state index contributed by atoms with van der Waals surface area (Å²) in [5, 5.41) is 0.848. The summed E-state index contributed by atoms with van der Waals surface area (Å²) in [6.07, 6.45) is 2.83. The number of amides is 1.